The maximum Gasteiger partial charge on any atom is 0.456 e. The Balaban J connectivity index is 2.70. The lowest BCUT2D eigenvalue weighted by molar-refractivity contribution is -0.376. The van der Waals surface area contributed by atoms with E-state index in [1.54, 1.807) is 0 Å². The molecule has 1 unspecified atom stereocenters. The van der Waals surface area contributed by atoms with Crippen LogP contribution in [-0.4, -0.2) is 44.2 Å². The van der Waals surface area contributed by atoms with Gasteiger partial charge in [-0.05, 0) is 0 Å². The SMILES string of the molecule is CC1(COC(F)(F)C(F)C(F)(F)C(F)(F)F)COC1. The van der Waals surface area contributed by atoms with E-state index in [1.165, 1.54) is 6.92 Å². The number of hydrogen-bond donors (Lipinski definition) is 0. The summed E-state index contributed by atoms with van der Waals surface area (Å²) < 4.78 is 107. The van der Waals surface area contributed by atoms with E-state index in [9.17, 15) is 35.1 Å². The van der Waals surface area contributed by atoms with E-state index < -0.39 is 36.4 Å². The Bertz CT molecular complexity index is 323. The highest BCUT2D eigenvalue weighted by Gasteiger charge is 2.71. The zero-order valence-corrected chi connectivity index (χ0v) is 9.54. The van der Waals surface area contributed by atoms with Gasteiger partial charge in [-0.1, -0.05) is 6.92 Å². The van der Waals surface area contributed by atoms with Gasteiger partial charge in [0.15, 0.2) is 0 Å². The molecule has 2 nitrogen and oxygen atoms in total. The van der Waals surface area contributed by atoms with Gasteiger partial charge in [0.05, 0.1) is 19.8 Å². The molecule has 1 fully saturated rings. The van der Waals surface area contributed by atoms with Crippen LogP contribution in [0.5, 0.6) is 0 Å². The van der Waals surface area contributed by atoms with Crippen molar-refractivity contribution in [2.45, 2.75) is 31.3 Å². The zero-order valence-electron chi connectivity index (χ0n) is 9.54. The van der Waals surface area contributed by atoms with Crippen molar-refractivity contribution in [2.24, 2.45) is 5.41 Å². The summed E-state index contributed by atoms with van der Waals surface area (Å²) in [5.41, 5.74) is -0.948. The van der Waals surface area contributed by atoms with Crippen LogP contribution < -0.4 is 0 Å². The molecule has 1 saturated heterocycles. The van der Waals surface area contributed by atoms with Crippen LogP contribution in [0.4, 0.5) is 35.1 Å². The van der Waals surface area contributed by atoms with E-state index >= 15 is 0 Å². The van der Waals surface area contributed by atoms with Gasteiger partial charge in [0.1, 0.15) is 0 Å². The molecule has 19 heavy (non-hydrogen) atoms. The summed E-state index contributed by atoms with van der Waals surface area (Å²) in [6, 6.07) is 0. The maximum absolute atomic E-state index is 12.9. The van der Waals surface area contributed by atoms with Gasteiger partial charge in [0.2, 0.25) is 0 Å². The minimum atomic E-state index is -6.43. The fourth-order valence-corrected chi connectivity index (χ4v) is 1.23. The van der Waals surface area contributed by atoms with Crippen molar-refractivity contribution in [2.75, 3.05) is 19.8 Å². The highest BCUT2D eigenvalue weighted by atomic mass is 19.4. The quantitative estimate of drug-likeness (QED) is 0.726. The van der Waals surface area contributed by atoms with Gasteiger partial charge in [0.25, 0.3) is 6.17 Å². The summed E-state index contributed by atoms with van der Waals surface area (Å²) in [4.78, 5) is 0. The molecule has 0 aromatic rings. The first-order valence-electron chi connectivity index (χ1n) is 5.00. The molecule has 1 atom stereocenters. The lowest BCUT2D eigenvalue weighted by Crippen LogP contribution is -2.55. The van der Waals surface area contributed by atoms with Crippen LogP contribution in [0.25, 0.3) is 0 Å². The fourth-order valence-electron chi connectivity index (χ4n) is 1.23. The number of hydrogen-bond acceptors (Lipinski definition) is 2. The summed E-state index contributed by atoms with van der Waals surface area (Å²) in [7, 11) is 0. The van der Waals surface area contributed by atoms with E-state index in [1.807, 2.05) is 0 Å². The molecule has 1 heterocycles. The van der Waals surface area contributed by atoms with Crippen LogP contribution in [0.15, 0.2) is 0 Å². The van der Waals surface area contributed by atoms with Gasteiger partial charge < -0.3 is 9.47 Å². The molecule has 10 heteroatoms. The fraction of sp³-hybridized carbons (Fsp3) is 1.00. The maximum atomic E-state index is 12.9. The summed E-state index contributed by atoms with van der Waals surface area (Å²) in [5.74, 6) is -6.20. The summed E-state index contributed by atoms with van der Waals surface area (Å²) >= 11 is 0. The minimum Gasteiger partial charge on any atom is -0.380 e. The van der Waals surface area contributed by atoms with Crippen molar-refractivity contribution in [3.05, 3.63) is 0 Å². The van der Waals surface area contributed by atoms with Gasteiger partial charge in [-0.3, -0.25) is 0 Å². The molecule has 0 aliphatic carbocycles. The average Bonchev–Trinajstić information content (AvgIpc) is 2.21. The molecule has 0 bridgehead atoms. The Hall–Kier alpha value is -0.640. The highest BCUT2D eigenvalue weighted by molar-refractivity contribution is 4.90. The average molecular weight is 302 g/mol. The molecule has 0 radical (unpaired) electrons. The third kappa shape index (κ3) is 3.28. The predicted molar refractivity (Wildman–Crippen MR) is 45.7 cm³/mol. The molecular weight excluding hydrogens is 292 g/mol. The first-order chi connectivity index (χ1) is 8.32. The lowest BCUT2D eigenvalue weighted by Gasteiger charge is -2.39. The smallest absolute Gasteiger partial charge is 0.380 e. The minimum absolute atomic E-state index is 0.0320. The van der Waals surface area contributed by atoms with Gasteiger partial charge in [-0.15, -0.1) is 0 Å². The summed E-state index contributed by atoms with van der Waals surface area (Å²) in [6.45, 7) is 0.418. The number of rotatable bonds is 5. The Morgan fingerprint density at radius 1 is 1.11 bits per heavy atom. The first kappa shape index (κ1) is 16.4. The molecule has 0 spiro atoms. The molecule has 114 valence electrons. The van der Waals surface area contributed by atoms with Crippen molar-refractivity contribution < 1.29 is 44.6 Å². The largest absolute Gasteiger partial charge is 0.456 e. The van der Waals surface area contributed by atoms with Crippen LogP contribution in [0.1, 0.15) is 6.92 Å². The predicted octanol–water partition coefficient (Wildman–Crippen LogP) is 3.17. The van der Waals surface area contributed by atoms with Gasteiger partial charge in [0, 0.05) is 5.41 Å². The molecule has 0 saturated carbocycles. The van der Waals surface area contributed by atoms with E-state index in [0.29, 0.717) is 0 Å². The first-order valence-corrected chi connectivity index (χ1v) is 5.00. The van der Waals surface area contributed by atoms with Crippen LogP contribution >= 0.6 is 0 Å². The second-order valence-electron chi connectivity index (χ2n) is 4.64. The van der Waals surface area contributed by atoms with Crippen molar-refractivity contribution in [3.63, 3.8) is 0 Å². The number of ether oxygens (including phenoxy) is 2. The van der Waals surface area contributed by atoms with Crippen molar-refractivity contribution in [1.29, 1.82) is 0 Å². The summed E-state index contributed by atoms with van der Waals surface area (Å²) in [6.07, 6.45) is -16.5. The van der Waals surface area contributed by atoms with Crippen LogP contribution in [0.2, 0.25) is 0 Å². The third-order valence-electron chi connectivity index (χ3n) is 2.51. The van der Waals surface area contributed by atoms with E-state index in [4.69, 9.17) is 0 Å². The number of halogens is 8. The van der Waals surface area contributed by atoms with Crippen molar-refractivity contribution in [1.82, 2.24) is 0 Å². The Kier molecular flexibility index (Phi) is 4.08. The zero-order chi connectivity index (χ0) is 15.1. The summed E-state index contributed by atoms with van der Waals surface area (Å²) in [5, 5.41) is 0. The molecule has 1 aliphatic heterocycles. The second kappa shape index (κ2) is 4.72. The van der Waals surface area contributed by atoms with Gasteiger partial charge in [-0.2, -0.15) is 30.7 Å². The highest BCUT2D eigenvalue weighted by Crippen LogP contribution is 2.45. The van der Waals surface area contributed by atoms with E-state index in [2.05, 4.69) is 9.47 Å². The van der Waals surface area contributed by atoms with Gasteiger partial charge in [-0.25, -0.2) is 4.39 Å². The Morgan fingerprint density at radius 2 is 1.58 bits per heavy atom. The normalized spacial score (nSPS) is 21.9. The van der Waals surface area contributed by atoms with Gasteiger partial charge >= 0.3 is 18.2 Å². The molecule has 0 N–H and O–H groups in total. The third-order valence-corrected chi connectivity index (χ3v) is 2.51. The van der Waals surface area contributed by atoms with Crippen LogP contribution in [0.3, 0.4) is 0 Å². The molecule has 1 aliphatic rings. The monoisotopic (exact) mass is 302 g/mol. The molecule has 0 amide bonds. The topological polar surface area (TPSA) is 18.5 Å². The standard InChI is InChI=1S/C9H10F8O2/c1-6(2-18-3-6)4-19-8(13,14)5(10)7(11,12)9(15,16)17/h5H,2-4H2,1H3. The number of alkyl halides is 8. The molecule has 1 rings (SSSR count). The second-order valence-corrected chi connectivity index (χ2v) is 4.64. The lowest BCUT2D eigenvalue weighted by atomic mass is 9.90. The molecule has 0 aromatic heterocycles. The van der Waals surface area contributed by atoms with E-state index in [0.717, 1.165) is 0 Å². The van der Waals surface area contributed by atoms with Crippen LogP contribution in [0, 0.1) is 5.41 Å². The Labute approximate surface area is 102 Å². The molecule has 0 aromatic carbocycles. The van der Waals surface area contributed by atoms with Crippen molar-refractivity contribution >= 4 is 0 Å². The van der Waals surface area contributed by atoms with E-state index in [-0.39, 0.29) is 13.2 Å². The van der Waals surface area contributed by atoms with Crippen LogP contribution in [-0.2, 0) is 9.47 Å². The van der Waals surface area contributed by atoms with Crippen molar-refractivity contribution in [3.8, 4) is 0 Å². The Morgan fingerprint density at radius 3 is 1.89 bits per heavy atom. The molecular formula is C9H10F8O2.